The summed E-state index contributed by atoms with van der Waals surface area (Å²) in [7, 11) is 0. The lowest BCUT2D eigenvalue weighted by atomic mass is 10.1. The van der Waals surface area contributed by atoms with Gasteiger partial charge in [-0.3, -0.25) is 4.79 Å². The second-order valence-corrected chi connectivity index (χ2v) is 4.89. The number of carbonyl (C=O) groups is 1. The number of hydrogen-bond acceptors (Lipinski definition) is 1. The summed E-state index contributed by atoms with van der Waals surface area (Å²) in [5.41, 5.74) is 1.99. The summed E-state index contributed by atoms with van der Waals surface area (Å²) < 4.78 is 1.03. The van der Waals surface area contributed by atoms with E-state index in [0.29, 0.717) is 6.04 Å². The van der Waals surface area contributed by atoms with Crippen LogP contribution in [0.5, 0.6) is 0 Å². The molecule has 0 saturated heterocycles. The van der Waals surface area contributed by atoms with Crippen LogP contribution in [0, 0.1) is 10.5 Å². The van der Waals surface area contributed by atoms with Gasteiger partial charge in [0.25, 0.3) is 5.91 Å². The summed E-state index contributed by atoms with van der Waals surface area (Å²) in [6.45, 7) is 2.03. The highest BCUT2D eigenvalue weighted by molar-refractivity contribution is 14.1. The number of halogens is 1. The van der Waals surface area contributed by atoms with E-state index in [1.807, 2.05) is 25.1 Å². The highest BCUT2D eigenvalue weighted by Gasteiger charge is 2.24. The van der Waals surface area contributed by atoms with E-state index in [1.165, 1.54) is 5.56 Å². The van der Waals surface area contributed by atoms with E-state index in [-0.39, 0.29) is 5.91 Å². The molecule has 1 aromatic carbocycles. The predicted octanol–water partition coefficient (Wildman–Crippen LogP) is 2.49. The van der Waals surface area contributed by atoms with Gasteiger partial charge in [0.15, 0.2) is 0 Å². The summed E-state index contributed by atoms with van der Waals surface area (Å²) in [6.07, 6.45) is 2.27. The molecule has 0 bridgehead atoms. The van der Waals surface area contributed by atoms with Gasteiger partial charge in [-0.2, -0.15) is 0 Å². The second kappa shape index (κ2) is 3.88. The first-order valence-corrected chi connectivity index (χ1v) is 5.82. The summed E-state index contributed by atoms with van der Waals surface area (Å²) in [4.78, 5) is 11.7. The third-order valence-corrected chi connectivity index (χ3v) is 3.17. The van der Waals surface area contributed by atoms with Crippen LogP contribution >= 0.6 is 22.6 Å². The van der Waals surface area contributed by atoms with Gasteiger partial charge >= 0.3 is 0 Å². The maximum Gasteiger partial charge on any atom is 0.252 e. The van der Waals surface area contributed by atoms with Crippen LogP contribution in [0.1, 0.15) is 28.8 Å². The van der Waals surface area contributed by atoms with E-state index in [4.69, 9.17) is 0 Å². The topological polar surface area (TPSA) is 29.1 Å². The Morgan fingerprint density at radius 2 is 2.21 bits per heavy atom. The summed E-state index contributed by atoms with van der Waals surface area (Å²) in [5.74, 6) is 0.0666. The standard InChI is InChI=1S/C11H12INO/c1-7-2-5-9(10(12)6-7)11(14)13-8-3-4-8/h2,5-6,8H,3-4H2,1H3,(H,13,14). The van der Waals surface area contributed by atoms with Crippen LogP contribution in [0.25, 0.3) is 0 Å². The molecular formula is C11H12INO. The van der Waals surface area contributed by atoms with Gasteiger partial charge in [0.05, 0.1) is 5.56 Å². The van der Waals surface area contributed by atoms with Crippen molar-refractivity contribution in [2.75, 3.05) is 0 Å². The molecule has 1 aliphatic rings. The Labute approximate surface area is 97.2 Å². The maximum atomic E-state index is 11.7. The predicted molar refractivity (Wildman–Crippen MR) is 64.4 cm³/mol. The largest absolute Gasteiger partial charge is 0.349 e. The molecule has 0 unspecified atom stereocenters. The second-order valence-electron chi connectivity index (χ2n) is 3.73. The average molecular weight is 301 g/mol. The molecule has 1 saturated carbocycles. The molecule has 0 radical (unpaired) electrons. The number of aryl methyl sites for hydroxylation is 1. The first-order valence-electron chi connectivity index (χ1n) is 4.74. The van der Waals surface area contributed by atoms with Crippen LogP contribution in [0.3, 0.4) is 0 Å². The molecule has 2 nitrogen and oxygen atoms in total. The van der Waals surface area contributed by atoms with E-state index >= 15 is 0 Å². The Morgan fingerprint density at radius 1 is 1.50 bits per heavy atom. The molecule has 1 fully saturated rings. The minimum absolute atomic E-state index is 0.0666. The molecule has 74 valence electrons. The molecule has 1 amide bonds. The molecule has 3 heteroatoms. The highest BCUT2D eigenvalue weighted by atomic mass is 127. The van der Waals surface area contributed by atoms with Crippen LogP contribution in [0.2, 0.25) is 0 Å². The van der Waals surface area contributed by atoms with Crippen molar-refractivity contribution >= 4 is 28.5 Å². The van der Waals surface area contributed by atoms with Gasteiger partial charge in [-0.1, -0.05) is 11.6 Å². The van der Waals surface area contributed by atoms with Gasteiger partial charge in [0.2, 0.25) is 0 Å². The minimum atomic E-state index is 0.0666. The lowest BCUT2D eigenvalue weighted by Gasteiger charge is -2.05. The molecule has 0 aliphatic heterocycles. The van der Waals surface area contributed by atoms with E-state index < -0.39 is 0 Å². The highest BCUT2D eigenvalue weighted by Crippen LogP contribution is 2.20. The van der Waals surface area contributed by atoms with Crippen molar-refractivity contribution in [1.82, 2.24) is 5.32 Å². The third-order valence-electron chi connectivity index (χ3n) is 2.28. The maximum absolute atomic E-state index is 11.7. The quantitative estimate of drug-likeness (QED) is 0.836. The number of amides is 1. The Bertz CT molecular complexity index is 372. The van der Waals surface area contributed by atoms with E-state index in [1.54, 1.807) is 0 Å². The number of nitrogens with one attached hydrogen (secondary N) is 1. The molecule has 2 rings (SSSR count). The van der Waals surface area contributed by atoms with Gasteiger partial charge in [-0.05, 0) is 54.5 Å². The number of rotatable bonds is 2. The molecule has 14 heavy (non-hydrogen) atoms. The Morgan fingerprint density at radius 3 is 2.79 bits per heavy atom. The molecule has 0 spiro atoms. The zero-order valence-corrected chi connectivity index (χ0v) is 10.2. The van der Waals surface area contributed by atoms with E-state index in [2.05, 4.69) is 27.9 Å². The number of benzene rings is 1. The summed E-state index contributed by atoms with van der Waals surface area (Å²) >= 11 is 2.21. The summed E-state index contributed by atoms with van der Waals surface area (Å²) in [6, 6.07) is 6.33. The van der Waals surface area contributed by atoms with E-state index in [9.17, 15) is 4.79 Å². The lowest BCUT2D eigenvalue weighted by Crippen LogP contribution is -2.26. The van der Waals surface area contributed by atoms with Crippen LogP contribution in [-0.4, -0.2) is 11.9 Å². The van der Waals surface area contributed by atoms with Gasteiger partial charge in [-0.15, -0.1) is 0 Å². The van der Waals surface area contributed by atoms with Crippen molar-refractivity contribution in [3.05, 3.63) is 32.9 Å². The molecule has 0 aromatic heterocycles. The van der Waals surface area contributed by atoms with Gasteiger partial charge in [0, 0.05) is 9.61 Å². The molecule has 1 N–H and O–H groups in total. The summed E-state index contributed by atoms with van der Waals surface area (Å²) in [5, 5.41) is 2.99. The van der Waals surface area contributed by atoms with Gasteiger partial charge in [-0.25, -0.2) is 0 Å². The molecule has 0 atom stereocenters. The van der Waals surface area contributed by atoms with Crippen molar-refractivity contribution < 1.29 is 4.79 Å². The Kier molecular flexibility index (Phi) is 2.76. The number of hydrogen-bond donors (Lipinski definition) is 1. The van der Waals surface area contributed by atoms with Crippen LogP contribution in [0.4, 0.5) is 0 Å². The lowest BCUT2D eigenvalue weighted by molar-refractivity contribution is 0.0950. The van der Waals surface area contributed by atoms with Crippen LogP contribution in [-0.2, 0) is 0 Å². The fourth-order valence-corrected chi connectivity index (χ4v) is 2.21. The van der Waals surface area contributed by atoms with Crippen molar-refractivity contribution in [3.63, 3.8) is 0 Å². The molecule has 1 aliphatic carbocycles. The first-order chi connectivity index (χ1) is 6.66. The fraction of sp³-hybridized carbons (Fsp3) is 0.364. The Balaban J connectivity index is 2.17. The smallest absolute Gasteiger partial charge is 0.252 e. The zero-order chi connectivity index (χ0) is 10.1. The minimum Gasteiger partial charge on any atom is -0.349 e. The monoisotopic (exact) mass is 301 g/mol. The number of carbonyl (C=O) groups excluding carboxylic acids is 1. The normalized spacial score (nSPS) is 15.3. The SMILES string of the molecule is Cc1ccc(C(=O)NC2CC2)c(I)c1. The fourth-order valence-electron chi connectivity index (χ4n) is 1.30. The third kappa shape index (κ3) is 2.26. The van der Waals surface area contributed by atoms with Crippen molar-refractivity contribution in [3.8, 4) is 0 Å². The van der Waals surface area contributed by atoms with E-state index in [0.717, 1.165) is 22.0 Å². The Hall–Kier alpha value is -0.580. The zero-order valence-electron chi connectivity index (χ0n) is 8.01. The molecule has 0 heterocycles. The van der Waals surface area contributed by atoms with Crippen molar-refractivity contribution in [2.45, 2.75) is 25.8 Å². The van der Waals surface area contributed by atoms with Gasteiger partial charge in [0.1, 0.15) is 0 Å². The van der Waals surface area contributed by atoms with Crippen LogP contribution < -0.4 is 5.32 Å². The molecular weight excluding hydrogens is 289 g/mol. The van der Waals surface area contributed by atoms with Crippen LogP contribution in [0.15, 0.2) is 18.2 Å². The first kappa shape index (κ1) is 9.96. The van der Waals surface area contributed by atoms with Gasteiger partial charge < -0.3 is 5.32 Å². The average Bonchev–Trinajstić information content (AvgIpc) is 2.87. The molecule has 1 aromatic rings. The van der Waals surface area contributed by atoms with Crippen molar-refractivity contribution in [2.24, 2.45) is 0 Å². The van der Waals surface area contributed by atoms with Crippen molar-refractivity contribution in [1.29, 1.82) is 0 Å².